The van der Waals surface area contributed by atoms with Crippen molar-refractivity contribution in [3.63, 3.8) is 0 Å². The maximum atomic E-state index is 12.1. The van der Waals surface area contributed by atoms with Crippen molar-refractivity contribution in [2.45, 2.75) is 19.9 Å². The molecule has 94 valence electrons. The number of hydrogen-bond donors (Lipinski definition) is 1. The van der Waals surface area contributed by atoms with Crippen LogP contribution in [0.5, 0.6) is 0 Å². The minimum atomic E-state index is -1.07. The summed E-state index contributed by atoms with van der Waals surface area (Å²) in [6.07, 6.45) is 0. The quantitative estimate of drug-likeness (QED) is 0.929. The summed E-state index contributed by atoms with van der Waals surface area (Å²) in [4.78, 5) is 24.0. The molecule has 0 bridgehead atoms. The average molecular weight is 296 g/mol. The Morgan fingerprint density at radius 3 is 2.41 bits per heavy atom. The van der Waals surface area contributed by atoms with E-state index >= 15 is 0 Å². The van der Waals surface area contributed by atoms with Crippen molar-refractivity contribution in [3.05, 3.63) is 20.3 Å². The van der Waals surface area contributed by atoms with Crippen LogP contribution in [0.1, 0.15) is 24.2 Å². The number of halogens is 2. The van der Waals surface area contributed by atoms with Gasteiger partial charge in [-0.15, -0.1) is 11.3 Å². The van der Waals surface area contributed by atoms with Gasteiger partial charge in [0.25, 0.3) is 5.91 Å². The predicted octanol–water partition coefficient (Wildman–Crippen LogP) is 2.99. The molecule has 1 heterocycles. The number of amides is 1. The van der Waals surface area contributed by atoms with Crippen LogP contribution in [0, 0.1) is 0 Å². The van der Waals surface area contributed by atoms with E-state index in [4.69, 9.17) is 28.3 Å². The average Bonchev–Trinajstić information content (AvgIpc) is 2.52. The van der Waals surface area contributed by atoms with Gasteiger partial charge in [0.05, 0.1) is 9.90 Å². The minimum Gasteiger partial charge on any atom is -0.480 e. The highest BCUT2D eigenvalue weighted by molar-refractivity contribution is 7.20. The van der Waals surface area contributed by atoms with Crippen LogP contribution in [-0.4, -0.2) is 34.5 Å². The zero-order chi connectivity index (χ0) is 13.2. The van der Waals surface area contributed by atoms with E-state index in [0.717, 1.165) is 11.3 Å². The number of aliphatic carboxylic acids is 1. The van der Waals surface area contributed by atoms with Crippen LogP contribution in [0.3, 0.4) is 0 Å². The number of rotatable bonds is 4. The lowest BCUT2D eigenvalue weighted by Gasteiger charge is -2.24. The van der Waals surface area contributed by atoms with Gasteiger partial charge >= 0.3 is 5.97 Å². The first-order valence-electron chi connectivity index (χ1n) is 4.80. The monoisotopic (exact) mass is 295 g/mol. The number of carboxylic acid groups (broad SMARTS) is 1. The fraction of sp³-hybridized carbons (Fsp3) is 0.400. The molecular weight excluding hydrogens is 285 g/mol. The Morgan fingerprint density at radius 2 is 2.06 bits per heavy atom. The largest absolute Gasteiger partial charge is 0.480 e. The van der Waals surface area contributed by atoms with E-state index < -0.39 is 11.9 Å². The molecule has 4 nitrogen and oxygen atoms in total. The topological polar surface area (TPSA) is 57.6 Å². The van der Waals surface area contributed by atoms with Crippen molar-refractivity contribution < 1.29 is 14.7 Å². The third-order valence-electron chi connectivity index (χ3n) is 2.08. The van der Waals surface area contributed by atoms with Gasteiger partial charge in [-0.3, -0.25) is 9.59 Å². The minimum absolute atomic E-state index is 0.228. The van der Waals surface area contributed by atoms with Crippen molar-refractivity contribution in [2.24, 2.45) is 0 Å². The molecule has 17 heavy (non-hydrogen) atoms. The molecule has 0 fully saturated rings. The fourth-order valence-electron chi connectivity index (χ4n) is 1.28. The smallest absolute Gasteiger partial charge is 0.323 e. The number of carbonyl (C=O) groups is 2. The zero-order valence-corrected chi connectivity index (χ0v) is 11.6. The van der Waals surface area contributed by atoms with Crippen molar-refractivity contribution in [3.8, 4) is 0 Å². The van der Waals surface area contributed by atoms with Crippen LogP contribution in [0.15, 0.2) is 6.07 Å². The Balaban J connectivity index is 2.99. The fourth-order valence-corrected chi connectivity index (χ4v) is 2.72. The van der Waals surface area contributed by atoms with Gasteiger partial charge in [0.15, 0.2) is 0 Å². The lowest BCUT2D eigenvalue weighted by Crippen LogP contribution is -2.40. The number of carbonyl (C=O) groups excluding carboxylic acids is 1. The molecule has 1 amide bonds. The van der Waals surface area contributed by atoms with Gasteiger partial charge in [0, 0.05) is 6.04 Å². The van der Waals surface area contributed by atoms with Crippen molar-refractivity contribution in [2.75, 3.05) is 6.54 Å². The Hall–Kier alpha value is -0.780. The maximum absolute atomic E-state index is 12.1. The van der Waals surface area contributed by atoms with E-state index in [1.165, 1.54) is 11.0 Å². The number of thiophene rings is 1. The van der Waals surface area contributed by atoms with Crippen LogP contribution in [0.4, 0.5) is 0 Å². The van der Waals surface area contributed by atoms with E-state index in [1.807, 2.05) is 0 Å². The molecule has 0 atom stereocenters. The molecular formula is C10H11Cl2NO3S. The van der Waals surface area contributed by atoms with Crippen LogP contribution >= 0.6 is 34.5 Å². The van der Waals surface area contributed by atoms with Gasteiger partial charge in [-0.1, -0.05) is 23.2 Å². The van der Waals surface area contributed by atoms with Gasteiger partial charge in [-0.05, 0) is 19.9 Å². The number of carboxylic acids is 1. The summed E-state index contributed by atoms with van der Waals surface area (Å²) >= 11 is 12.7. The van der Waals surface area contributed by atoms with Crippen molar-refractivity contribution in [1.29, 1.82) is 0 Å². The number of nitrogens with zero attached hydrogens (tertiary/aromatic N) is 1. The van der Waals surface area contributed by atoms with Crippen LogP contribution in [0.25, 0.3) is 0 Å². The summed E-state index contributed by atoms with van der Waals surface area (Å²) < 4.78 is 0.674. The third-order valence-corrected chi connectivity index (χ3v) is 3.56. The highest BCUT2D eigenvalue weighted by Crippen LogP contribution is 2.32. The van der Waals surface area contributed by atoms with E-state index in [2.05, 4.69) is 0 Å². The van der Waals surface area contributed by atoms with Gasteiger partial charge < -0.3 is 10.0 Å². The molecule has 0 aliphatic carbocycles. The van der Waals surface area contributed by atoms with Gasteiger partial charge in [0.2, 0.25) is 0 Å². The van der Waals surface area contributed by atoms with Gasteiger partial charge in [-0.25, -0.2) is 0 Å². The molecule has 0 aliphatic rings. The summed E-state index contributed by atoms with van der Waals surface area (Å²) in [5, 5.41) is 8.75. The normalized spacial score (nSPS) is 10.6. The van der Waals surface area contributed by atoms with Crippen LogP contribution in [0.2, 0.25) is 8.67 Å². The van der Waals surface area contributed by atoms with E-state index in [1.54, 1.807) is 13.8 Å². The highest BCUT2D eigenvalue weighted by Gasteiger charge is 2.24. The Labute approximate surface area is 113 Å². The van der Waals surface area contributed by atoms with Crippen molar-refractivity contribution >= 4 is 46.4 Å². The molecule has 1 aromatic rings. The third kappa shape index (κ3) is 3.59. The summed E-state index contributed by atoms with van der Waals surface area (Å²) in [5.41, 5.74) is 0.247. The molecule has 0 spiro atoms. The SMILES string of the molecule is CC(C)N(CC(=O)O)C(=O)c1cc(Cl)sc1Cl. The summed E-state index contributed by atoms with van der Waals surface area (Å²) in [6.45, 7) is 3.12. The summed E-state index contributed by atoms with van der Waals surface area (Å²) in [5.74, 6) is -1.49. The predicted molar refractivity (Wildman–Crippen MR) is 68.1 cm³/mol. The van der Waals surface area contributed by atoms with E-state index in [9.17, 15) is 9.59 Å². The Morgan fingerprint density at radius 1 is 1.47 bits per heavy atom. The first-order chi connectivity index (χ1) is 7.82. The molecule has 0 radical (unpaired) electrons. The molecule has 1 N–H and O–H groups in total. The van der Waals surface area contributed by atoms with Crippen LogP contribution < -0.4 is 0 Å². The molecule has 0 aromatic carbocycles. The van der Waals surface area contributed by atoms with Crippen LogP contribution in [-0.2, 0) is 4.79 Å². The molecule has 0 saturated carbocycles. The molecule has 0 unspecified atom stereocenters. The first kappa shape index (κ1) is 14.3. The maximum Gasteiger partial charge on any atom is 0.323 e. The zero-order valence-electron chi connectivity index (χ0n) is 9.24. The second kappa shape index (κ2) is 5.71. The van der Waals surface area contributed by atoms with E-state index in [-0.39, 0.29) is 22.5 Å². The second-order valence-corrected chi connectivity index (χ2v) is 5.94. The van der Waals surface area contributed by atoms with Crippen molar-refractivity contribution in [1.82, 2.24) is 4.90 Å². The molecule has 1 aromatic heterocycles. The lowest BCUT2D eigenvalue weighted by molar-refractivity contribution is -0.138. The molecule has 0 aliphatic heterocycles. The second-order valence-electron chi connectivity index (χ2n) is 3.66. The van der Waals surface area contributed by atoms with Gasteiger partial charge in [0.1, 0.15) is 10.9 Å². The lowest BCUT2D eigenvalue weighted by atomic mass is 10.2. The summed E-state index contributed by atoms with van der Waals surface area (Å²) in [6, 6.07) is 1.22. The molecule has 7 heteroatoms. The Bertz CT molecular complexity index is 445. The summed E-state index contributed by atoms with van der Waals surface area (Å²) in [7, 11) is 0. The van der Waals surface area contributed by atoms with Gasteiger partial charge in [-0.2, -0.15) is 0 Å². The Kier molecular flexibility index (Phi) is 4.80. The molecule has 0 saturated heterocycles. The first-order valence-corrected chi connectivity index (χ1v) is 6.37. The van der Waals surface area contributed by atoms with E-state index in [0.29, 0.717) is 4.34 Å². The number of hydrogen-bond acceptors (Lipinski definition) is 3. The highest BCUT2D eigenvalue weighted by atomic mass is 35.5. The standard InChI is InChI=1S/C10H11Cl2NO3S/c1-5(2)13(4-8(14)15)10(16)6-3-7(11)17-9(6)12/h3,5H,4H2,1-2H3,(H,14,15). The molecule has 1 rings (SSSR count).